The van der Waals surface area contributed by atoms with Crippen LogP contribution in [0, 0.1) is 11.3 Å². The minimum atomic E-state index is -2.74. The molecule has 1 aromatic carbocycles. The maximum absolute atomic E-state index is 14.2. The molecule has 2 aliphatic rings. The molecule has 0 aliphatic heterocycles. The molecule has 7 heteroatoms. The molecule has 2 atom stereocenters. The Morgan fingerprint density at radius 3 is 2.61 bits per heavy atom. The number of aromatic nitrogens is 1. The number of nitrogens with one attached hydrogen (secondary N) is 2. The van der Waals surface area contributed by atoms with Crippen LogP contribution in [-0.4, -0.2) is 22.7 Å². The maximum atomic E-state index is 14.2. The molecule has 0 spiro atoms. The minimum absolute atomic E-state index is 0.182. The van der Waals surface area contributed by atoms with Crippen molar-refractivity contribution >= 4 is 23.2 Å². The van der Waals surface area contributed by atoms with E-state index in [9.17, 15) is 18.4 Å². The molecule has 2 aromatic rings. The van der Waals surface area contributed by atoms with E-state index < -0.39 is 23.2 Å². The number of carbonyl (C=O) groups excluding carboxylic acids is 2. The molecule has 1 aromatic heterocycles. The van der Waals surface area contributed by atoms with Crippen LogP contribution in [0.3, 0.4) is 0 Å². The van der Waals surface area contributed by atoms with E-state index in [1.807, 2.05) is 0 Å². The molecule has 0 saturated heterocycles. The van der Waals surface area contributed by atoms with Crippen molar-refractivity contribution in [3.63, 3.8) is 0 Å². The number of carbonyl (C=O) groups is 2. The highest BCUT2D eigenvalue weighted by atomic mass is 19.3. The zero-order chi connectivity index (χ0) is 19.8. The smallest absolute Gasteiger partial charge is 0.258 e. The predicted octanol–water partition coefficient (Wildman–Crippen LogP) is 4.49. The molecule has 2 unspecified atom stereocenters. The average Bonchev–Trinajstić information content (AvgIpc) is 3.17. The van der Waals surface area contributed by atoms with Crippen molar-refractivity contribution in [2.45, 2.75) is 38.0 Å². The summed E-state index contributed by atoms with van der Waals surface area (Å²) in [5.74, 6) is -4.18. The van der Waals surface area contributed by atoms with Crippen molar-refractivity contribution in [1.82, 2.24) is 4.98 Å². The van der Waals surface area contributed by atoms with Gasteiger partial charge in [-0.3, -0.25) is 14.6 Å². The quantitative estimate of drug-likeness (QED) is 0.797. The Morgan fingerprint density at radius 1 is 1.07 bits per heavy atom. The van der Waals surface area contributed by atoms with Gasteiger partial charge in [0.2, 0.25) is 5.91 Å². The molecule has 2 aliphatic carbocycles. The SMILES string of the molecule is O=C(CC12CCCCC1C2(F)F)Nc1cccc(C(=O)Nc2ccncc2)c1. The minimum Gasteiger partial charge on any atom is -0.326 e. The van der Waals surface area contributed by atoms with Crippen molar-refractivity contribution in [2.24, 2.45) is 11.3 Å². The van der Waals surface area contributed by atoms with Crippen LogP contribution in [0.4, 0.5) is 20.2 Å². The van der Waals surface area contributed by atoms with Gasteiger partial charge in [-0.1, -0.05) is 18.9 Å². The van der Waals surface area contributed by atoms with Crippen molar-refractivity contribution in [3.8, 4) is 0 Å². The van der Waals surface area contributed by atoms with Gasteiger partial charge in [0.15, 0.2) is 0 Å². The molecule has 28 heavy (non-hydrogen) atoms. The lowest BCUT2D eigenvalue weighted by Gasteiger charge is -2.19. The standard InChI is InChI=1S/C21H21F2N3O2/c22-21(23)17-6-1-2-9-20(17,21)13-18(27)25-16-5-3-4-14(12-16)19(28)26-15-7-10-24-11-8-15/h3-5,7-8,10-12,17H,1-2,6,9,13H2,(H,25,27)(H,24,26,28). The number of amides is 2. The number of alkyl halides is 2. The number of halogens is 2. The van der Waals surface area contributed by atoms with E-state index in [1.165, 1.54) is 6.07 Å². The van der Waals surface area contributed by atoms with Gasteiger partial charge >= 0.3 is 0 Å². The zero-order valence-electron chi connectivity index (χ0n) is 15.3. The topological polar surface area (TPSA) is 71.1 Å². The van der Waals surface area contributed by atoms with Gasteiger partial charge in [0, 0.05) is 41.7 Å². The molecular weight excluding hydrogens is 364 g/mol. The van der Waals surface area contributed by atoms with Crippen LogP contribution in [0.5, 0.6) is 0 Å². The summed E-state index contributed by atoms with van der Waals surface area (Å²) in [5.41, 5.74) is 0.207. The zero-order valence-corrected chi connectivity index (χ0v) is 15.3. The molecule has 2 saturated carbocycles. The maximum Gasteiger partial charge on any atom is 0.258 e. The van der Waals surface area contributed by atoms with E-state index in [4.69, 9.17) is 0 Å². The lowest BCUT2D eigenvalue weighted by Crippen LogP contribution is -2.23. The lowest BCUT2D eigenvalue weighted by molar-refractivity contribution is -0.118. The third kappa shape index (κ3) is 3.25. The van der Waals surface area contributed by atoms with E-state index in [0.717, 1.165) is 12.8 Å². The van der Waals surface area contributed by atoms with E-state index >= 15 is 0 Å². The number of pyridine rings is 1. The van der Waals surface area contributed by atoms with Gasteiger partial charge in [0.05, 0.1) is 5.41 Å². The molecule has 2 N–H and O–H groups in total. The Labute approximate surface area is 161 Å². The van der Waals surface area contributed by atoms with Crippen molar-refractivity contribution < 1.29 is 18.4 Å². The molecule has 2 fully saturated rings. The second-order valence-corrected chi connectivity index (χ2v) is 7.57. The van der Waals surface area contributed by atoms with E-state index in [1.54, 1.807) is 42.7 Å². The number of fused-ring (bicyclic) bond motifs is 1. The Bertz CT molecular complexity index is 904. The fourth-order valence-corrected chi connectivity index (χ4v) is 4.38. The second-order valence-electron chi connectivity index (χ2n) is 7.57. The normalized spacial score (nSPS) is 24.7. The fraction of sp³-hybridized carbons (Fsp3) is 0.381. The summed E-state index contributed by atoms with van der Waals surface area (Å²) in [6, 6.07) is 9.78. The molecule has 0 radical (unpaired) electrons. The Morgan fingerprint density at radius 2 is 1.86 bits per heavy atom. The first kappa shape index (κ1) is 18.5. The predicted molar refractivity (Wildman–Crippen MR) is 101 cm³/mol. The number of anilines is 2. The van der Waals surface area contributed by atoms with Crippen LogP contribution in [0.15, 0.2) is 48.8 Å². The number of nitrogens with zero attached hydrogens (tertiary/aromatic N) is 1. The largest absolute Gasteiger partial charge is 0.326 e. The highest BCUT2D eigenvalue weighted by Crippen LogP contribution is 2.73. The van der Waals surface area contributed by atoms with Gasteiger partial charge < -0.3 is 10.6 Å². The van der Waals surface area contributed by atoms with Crippen LogP contribution in [0.25, 0.3) is 0 Å². The second kappa shape index (κ2) is 6.96. The lowest BCUT2D eigenvalue weighted by atomic mass is 9.85. The monoisotopic (exact) mass is 385 g/mol. The molecular formula is C21H21F2N3O2. The molecule has 0 bridgehead atoms. The Hall–Kier alpha value is -2.83. The summed E-state index contributed by atoms with van der Waals surface area (Å²) >= 11 is 0. The summed E-state index contributed by atoms with van der Waals surface area (Å²) in [4.78, 5) is 28.7. The van der Waals surface area contributed by atoms with Gasteiger partial charge in [0.25, 0.3) is 11.8 Å². The van der Waals surface area contributed by atoms with E-state index in [2.05, 4.69) is 15.6 Å². The highest BCUT2D eigenvalue weighted by molar-refractivity contribution is 6.05. The molecule has 5 nitrogen and oxygen atoms in total. The summed E-state index contributed by atoms with van der Waals surface area (Å²) < 4.78 is 28.4. The first-order valence-corrected chi connectivity index (χ1v) is 9.41. The van der Waals surface area contributed by atoms with Gasteiger partial charge in [-0.2, -0.15) is 0 Å². The van der Waals surface area contributed by atoms with Crippen molar-refractivity contribution in [2.75, 3.05) is 10.6 Å². The number of rotatable bonds is 5. The van der Waals surface area contributed by atoms with Gasteiger partial charge in [0.1, 0.15) is 0 Å². The van der Waals surface area contributed by atoms with Crippen LogP contribution in [0.2, 0.25) is 0 Å². The first-order valence-electron chi connectivity index (χ1n) is 9.41. The fourth-order valence-electron chi connectivity index (χ4n) is 4.38. The number of hydrogen-bond donors (Lipinski definition) is 2. The molecule has 1 heterocycles. The number of hydrogen-bond acceptors (Lipinski definition) is 3. The van der Waals surface area contributed by atoms with Crippen molar-refractivity contribution in [3.05, 3.63) is 54.4 Å². The summed E-state index contributed by atoms with van der Waals surface area (Å²) in [5, 5.41) is 5.41. The van der Waals surface area contributed by atoms with Crippen LogP contribution < -0.4 is 10.6 Å². The van der Waals surface area contributed by atoms with E-state index in [-0.39, 0.29) is 12.3 Å². The van der Waals surface area contributed by atoms with Crippen molar-refractivity contribution in [1.29, 1.82) is 0 Å². The first-order chi connectivity index (χ1) is 13.4. The summed E-state index contributed by atoms with van der Waals surface area (Å²) in [6.45, 7) is 0. The Balaban J connectivity index is 1.41. The van der Waals surface area contributed by atoms with Gasteiger partial charge in [-0.25, -0.2) is 8.78 Å². The molecule has 4 rings (SSSR count). The van der Waals surface area contributed by atoms with Gasteiger partial charge in [-0.15, -0.1) is 0 Å². The average molecular weight is 385 g/mol. The third-order valence-corrected chi connectivity index (χ3v) is 5.87. The molecule has 146 valence electrons. The summed E-state index contributed by atoms with van der Waals surface area (Å²) in [6.07, 6.45) is 5.38. The third-order valence-electron chi connectivity index (χ3n) is 5.87. The van der Waals surface area contributed by atoms with Crippen LogP contribution >= 0.6 is 0 Å². The van der Waals surface area contributed by atoms with Crippen LogP contribution in [0.1, 0.15) is 42.5 Å². The van der Waals surface area contributed by atoms with Crippen LogP contribution in [-0.2, 0) is 4.79 Å². The molecule has 2 amide bonds. The van der Waals surface area contributed by atoms with E-state index in [0.29, 0.717) is 29.8 Å². The summed E-state index contributed by atoms with van der Waals surface area (Å²) in [7, 11) is 0. The number of benzene rings is 1. The van der Waals surface area contributed by atoms with Gasteiger partial charge in [-0.05, 0) is 43.2 Å². The Kier molecular flexibility index (Phi) is 4.61. The highest BCUT2D eigenvalue weighted by Gasteiger charge is 2.80.